The van der Waals surface area contributed by atoms with Gasteiger partial charge in [0.1, 0.15) is 36.1 Å². The SMILES string of the molecule is CC(C)(C)OC(=O)N1CCCC1c1ncc(-c2ccc(-c3ccc(-c4cnc(C5CCCN5C(=O)OC(C)(C)C)[nH]4)c4c3OCCO4)cc2)[nH]1. The minimum atomic E-state index is -0.568. The summed E-state index contributed by atoms with van der Waals surface area (Å²) in [6.07, 6.45) is 6.40. The first-order valence-electron chi connectivity index (χ1n) is 17.5. The van der Waals surface area contributed by atoms with Gasteiger partial charge in [-0.3, -0.25) is 9.80 Å². The summed E-state index contributed by atoms with van der Waals surface area (Å²) in [6.45, 7) is 13.4. The molecule has 12 nitrogen and oxygen atoms in total. The summed E-state index contributed by atoms with van der Waals surface area (Å²) in [5, 5.41) is 0. The van der Waals surface area contributed by atoms with Gasteiger partial charge in [0.2, 0.25) is 0 Å². The first-order valence-corrected chi connectivity index (χ1v) is 17.5. The number of carbonyl (C=O) groups excluding carboxylic acids is 2. The molecule has 0 aliphatic carbocycles. The summed E-state index contributed by atoms with van der Waals surface area (Å²) in [5.41, 5.74) is 4.28. The molecule has 2 aromatic heterocycles. The number of hydrogen-bond donors (Lipinski definition) is 2. The highest BCUT2D eigenvalue weighted by atomic mass is 16.6. The molecule has 2 unspecified atom stereocenters. The number of rotatable bonds is 5. The summed E-state index contributed by atoms with van der Waals surface area (Å²) in [5.74, 6) is 2.82. The average molecular weight is 683 g/mol. The van der Waals surface area contributed by atoms with Crippen molar-refractivity contribution in [3.63, 3.8) is 0 Å². The number of aromatic nitrogens is 4. The Bertz CT molecular complexity index is 1870. The van der Waals surface area contributed by atoms with Crippen LogP contribution >= 0.6 is 0 Å². The van der Waals surface area contributed by atoms with E-state index in [4.69, 9.17) is 23.9 Å². The summed E-state index contributed by atoms with van der Waals surface area (Å²) in [6, 6.07) is 12.0. The number of nitrogens with one attached hydrogen (secondary N) is 2. The molecule has 2 saturated heterocycles. The molecule has 5 heterocycles. The molecule has 0 spiro atoms. The number of amides is 2. The zero-order valence-electron chi connectivity index (χ0n) is 29.7. The fourth-order valence-corrected chi connectivity index (χ4v) is 6.88. The van der Waals surface area contributed by atoms with Gasteiger partial charge in [0.05, 0.1) is 35.9 Å². The van der Waals surface area contributed by atoms with Crippen molar-refractivity contribution in [3.05, 3.63) is 60.4 Å². The number of fused-ring (bicyclic) bond motifs is 1. The Balaban J connectivity index is 1.10. The van der Waals surface area contributed by atoms with Crippen LogP contribution in [0.3, 0.4) is 0 Å². The number of benzene rings is 2. The first kappa shape index (κ1) is 33.5. The Labute approximate surface area is 292 Å². The van der Waals surface area contributed by atoms with Crippen molar-refractivity contribution >= 4 is 12.2 Å². The molecule has 12 heteroatoms. The van der Waals surface area contributed by atoms with Crippen molar-refractivity contribution in [3.8, 4) is 45.1 Å². The molecule has 2 N–H and O–H groups in total. The van der Waals surface area contributed by atoms with Crippen LogP contribution in [0.1, 0.15) is 91.0 Å². The maximum Gasteiger partial charge on any atom is 0.410 e. The summed E-state index contributed by atoms with van der Waals surface area (Å²) < 4.78 is 23.7. The Morgan fingerprint density at radius 3 is 1.68 bits per heavy atom. The largest absolute Gasteiger partial charge is 0.485 e. The van der Waals surface area contributed by atoms with Gasteiger partial charge in [0, 0.05) is 24.2 Å². The van der Waals surface area contributed by atoms with E-state index in [1.807, 2.05) is 59.9 Å². The summed E-state index contributed by atoms with van der Waals surface area (Å²) >= 11 is 0. The molecular weight excluding hydrogens is 636 g/mol. The predicted octanol–water partition coefficient (Wildman–Crippen LogP) is 8.05. The lowest BCUT2D eigenvalue weighted by molar-refractivity contribution is 0.0208. The molecule has 50 heavy (non-hydrogen) atoms. The van der Waals surface area contributed by atoms with Crippen LogP contribution in [-0.2, 0) is 9.47 Å². The third-order valence-corrected chi connectivity index (χ3v) is 9.07. The third-order valence-electron chi connectivity index (χ3n) is 9.07. The minimum Gasteiger partial charge on any atom is -0.485 e. The van der Waals surface area contributed by atoms with Gasteiger partial charge in [-0.2, -0.15) is 0 Å². The summed E-state index contributed by atoms with van der Waals surface area (Å²) in [7, 11) is 0. The zero-order valence-corrected chi connectivity index (χ0v) is 29.7. The van der Waals surface area contributed by atoms with E-state index < -0.39 is 11.2 Å². The van der Waals surface area contributed by atoms with E-state index in [0.717, 1.165) is 71.0 Å². The second kappa shape index (κ2) is 13.0. The Hall–Kier alpha value is -5.00. The van der Waals surface area contributed by atoms with Crippen molar-refractivity contribution in [2.45, 2.75) is 90.5 Å². The topological polar surface area (TPSA) is 135 Å². The molecule has 3 aliphatic heterocycles. The normalized spacial score (nSPS) is 19.2. The molecule has 264 valence electrons. The van der Waals surface area contributed by atoms with Crippen LogP contribution in [0.5, 0.6) is 11.5 Å². The lowest BCUT2D eigenvalue weighted by Gasteiger charge is -2.27. The Kier molecular flexibility index (Phi) is 8.73. The molecule has 3 aliphatic rings. The summed E-state index contributed by atoms with van der Waals surface area (Å²) in [4.78, 5) is 45.5. The highest BCUT2D eigenvalue weighted by Crippen LogP contribution is 2.46. The van der Waals surface area contributed by atoms with Crippen molar-refractivity contribution in [1.29, 1.82) is 0 Å². The van der Waals surface area contributed by atoms with Gasteiger partial charge in [-0.05, 0) is 90.5 Å². The van der Waals surface area contributed by atoms with Crippen LogP contribution in [0.15, 0.2) is 48.8 Å². The number of aromatic amines is 2. The third kappa shape index (κ3) is 6.88. The number of ether oxygens (including phenoxy) is 4. The second-order valence-corrected chi connectivity index (χ2v) is 15.1. The van der Waals surface area contributed by atoms with Gasteiger partial charge in [0.15, 0.2) is 11.5 Å². The van der Waals surface area contributed by atoms with Crippen molar-refractivity contribution in [2.24, 2.45) is 0 Å². The monoisotopic (exact) mass is 682 g/mol. The number of nitrogens with zero attached hydrogens (tertiary/aromatic N) is 4. The van der Waals surface area contributed by atoms with E-state index in [0.29, 0.717) is 37.8 Å². The molecule has 7 rings (SSSR count). The van der Waals surface area contributed by atoms with Crippen LogP contribution in [0.4, 0.5) is 9.59 Å². The molecular formula is C38H46N6O6. The number of likely N-dealkylation sites (tertiary alicyclic amines) is 2. The molecule has 2 amide bonds. The van der Waals surface area contributed by atoms with E-state index in [1.54, 1.807) is 16.0 Å². The van der Waals surface area contributed by atoms with Crippen LogP contribution in [-0.4, -0.2) is 79.4 Å². The van der Waals surface area contributed by atoms with Crippen molar-refractivity contribution < 1.29 is 28.5 Å². The van der Waals surface area contributed by atoms with E-state index in [2.05, 4.69) is 39.2 Å². The minimum absolute atomic E-state index is 0.145. The molecule has 4 aromatic rings. The maximum atomic E-state index is 12.9. The fraction of sp³-hybridized carbons (Fsp3) is 0.474. The van der Waals surface area contributed by atoms with Gasteiger partial charge in [-0.1, -0.05) is 24.3 Å². The predicted molar refractivity (Wildman–Crippen MR) is 188 cm³/mol. The quantitative estimate of drug-likeness (QED) is 0.216. The van der Waals surface area contributed by atoms with Crippen LogP contribution < -0.4 is 9.47 Å². The molecule has 2 aromatic carbocycles. The highest BCUT2D eigenvalue weighted by molar-refractivity contribution is 5.83. The van der Waals surface area contributed by atoms with Gasteiger partial charge in [-0.25, -0.2) is 19.6 Å². The van der Waals surface area contributed by atoms with E-state index >= 15 is 0 Å². The molecule has 2 fully saturated rings. The van der Waals surface area contributed by atoms with Crippen LogP contribution in [0, 0.1) is 0 Å². The van der Waals surface area contributed by atoms with Crippen LogP contribution in [0.2, 0.25) is 0 Å². The van der Waals surface area contributed by atoms with Gasteiger partial charge in [0.25, 0.3) is 0 Å². The van der Waals surface area contributed by atoms with E-state index in [9.17, 15) is 9.59 Å². The Morgan fingerprint density at radius 1 is 0.680 bits per heavy atom. The molecule has 2 atom stereocenters. The highest BCUT2D eigenvalue weighted by Gasteiger charge is 2.36. The standard InChI is InChI=1S/C38H46N6O6/c1-37(2,3)49-35(45)43-17-7-9-29(43)33-39-21-27(41-33)24-13-11-23(12-14-24)25-15-16-26(32-31(25)47-19-20-48-32)28-22-40-34(42-28)30-10-8-18-44(30)36(46)50-38(4,5)6/h11-16,21-22,29-30H,7-10,17-20H2,1-6H3,(H,39,41)(H,40,42). The van der Waals surface area contributed by atoms with Gasteiger partial charge < -0.3 is 28.9 Å². The van der Waals surface area contributed by atoms with Crippen molar-refractivity contribution in [2.75, 3.05) is 26.3 Å². The lowest BCUT2D eigenvalue weighted by atomic mass is 9.98. The smallest absolute Gasteiger partial charge is 0.410 e. The second-order valence-electron chi connectivity index (χ2n) is 15.1. The van der Waals surface area contributed by atoms with Crippen LogP contribution in [0.25, 0.3) is 33.6 Å². The lowest BCUT2D eigenvalue weighted by Crippen LogP contribution is -2.36. The average Bonchev–Trinajstić information content (AvgIpc) is 3.89. The fourth-order valence-electron chi connectivity index (χ4n) is 6.88. The molecule has 0 radical (unpaired) electrons. The molecule has 0 bridgehead atoms. The maximum absolute atomic E-state index is 12.9. The first-order chi connectivity index (χ1) is 23.8. The number of imidazole rings is 2. The number of hydrogen-bond acceptors (Lipinski definition) is 8. The Morgan fingerprint density at radius 2 is 1.14 bits per heavy atom. The van der Waals surface area contributed by atoms with E-state index in [1.165, 1.54) is 0 Å². The van der Waals surface area contributed by atoms with Gasteiger partial charge >= 0.3 is 12.2 Å². The molecule has 0 saturated carbocycles. The zero-order chi connectivity index (χ0) is 35.2. The number of H-pyrrole nitrogens is 2. The van der Waals surface area contributed by atoms with E-state index in [-0.39, 0.29) is 24.3 Å². The number of carbonyl (C=O) groups is 2. The van der Waals surface area contributed by atoms with Crippen molar-refractivity contribution in [1.82, 2.24) is 29.7 Å². The van der Waals surface area contributed by atoms with Gasteiger partial charge in [-0.15, -0.1) is 0 Å².